The first-order valence-corrected chi connectivity index (χ1v) is 17.6. The van der Waals surface area contributed by atoms with Gasteiger partial charge in [-0.25, -0.2) is 0 Å². The predicted molar refractivity (Wildman–Crippen MR) is 168 cm³/mol. The van der Waals surface area contributed by atoms with Crippen LogP contribution in [0.15, 0.2) is 0 Å². The van der Waals surface area contributed by atoms with Crippen molar-refractivity contribution in [3.63, 3.8) is 0 Å². The summed E-state index contributed by atoms with van der Waals surface area (Å²) >= 11 is 0. The second-order valence-electron chi connectivity index (χ2n) is 11.8. The molecule has 0 rings (SSSR count). The van der Waals surface area contributed by atoms with E-state index in [1.54, 1.807) is 0 Å². The fourth-order valence-electron chi connectivity index (χ4n) is 4.96. The van der Waals surface area contributed by atoms with E-state index in [4.69, 9.17) is 0 Å². The van der Waals surface area contributed by atoms with Gasteiger partial charge >= 0.3 is 19.5 Å². The Kier molecular flexibility index (Phi) is 61.1. The van der Waals surface area contributed by atoms with Crippen LogP contribution in [-0.2, 0) is 63.2 Å². The summed E-state index contributed by atoms with van der Waals surface area (Å²) in [6.45, 7) is 4.53. The van der Waals surface area contributed by atoms with Crippen molar-refractivity contribution in [2.45, 2.75) is 206 Å². The molecule has 0 amide bonds. The standard InChI is InChI=1S/2C18H35O2.2Fe.Zn/c2*1-2-3-4-5-6-7-8-9-10-11-12-13-14-15-16-17-18(19)20;;;/h2*12H,2-11,13-17H2,1H3,(H,19,20);;;/q2*-1;;;+2/p-2. The summed E-state index contributed by atoms with van der Waals surface area (Å²) in [5.41, 5.74) is 0. The van der Waals surface area contributed by atoms with Crippen molar-refractivity contribution in [1.82, 2.24) is 0 Å². The second-order valence-corrected chi connectivity index (χ2v) is 11.8. The minimum absolute atomic E-state index is 0. The molecule has 0 radical (unpaired) electrons. The van der Waals surface area contributed by atoms with E-state index in [-0.39, 0.29) is 66.5 Å². The molecule has 0 unspecified atom stereocenters. The van der Waals surface area contributed by atoms with Crippen LogP contribution in [-0.4, -0.2) is 11.9 Å². The van der Waals surface area contributed by atoms with Crippen molar-refractivity contribution in [1.29, 1.82) is 0 Å². The van der Waals surface area contributed by atoms with Crippen molar-refractivity contribution in [3.8, 4) is 0 Å². The van der Waals surface area contributed by atoms with Gasteiger partial charge in [0.15, 0.2) is 0 Å². The van der Waals surface area contributed by atoms with E-state index in [1.807, 2.05) is 0 Å². The fraction of sp³-hybridized carbons (Fsp3) is 0.889. The first-order valence-electron chi connectivity index (χ1n) is 17.6. The molecule has 0 heterocycles. The topological polar surface area (TPSA) is 80.3 Å². The van der Waals surface area contributed by atoms with Crippen LogP contribution < -0.4 is 10.2 Å². The molecule has 0 spiro atoms. The Morgan fingerprint density at radius 1 is 0.395 bits per heavy atom. The number of carbonyl (C=O) groups is 2. The molecule has 0 aliphatic heterocycles. The van der Waals surface area contributed by atoms with Gasteiger partial charge in [-0.3, -0.25) is 0 Å². The van der Waals surface area contributed by atoms with Gasteiger partial charge in [-0.05, 0) is 25.7 Å². The molecule has 0 saturated heterocycles. The smallest absolute Gasteiger partial charge is 0.550 e. The fourth-order valence-corrected chi connectivity index (χ4v) is 4.96. The van der Waals surface area contributed by atoms with Gasteiger partial charge in [0, 0.05) is 46.1 Å². The van der Waals surface area contributed by atoms with Gasteiger partial charge in [-0.15, -0.1) is 0 Å². The quantitative estimate of drug-likeness (QED) is 0.0391. The normalized spacial score (nSPS) is 10.1. The number of carbonyl (C=O) groups excluding carboxylic acids is 2. The maximum absolute atomic E-state index is 10.2. The molecule has 4 nitrogen and oxygen atoms in total. The maximum Gasteiger partial charge on any atom is 2.00 e. The van der Waals surface area contributed by atoms with Crippen molar-refractivity contribution in [3.05, 3.63) is 12.8 Å². The van der Waals surface area contributed by atoms with Gasteiger partial charge in [-0.2, -0.15) is 25.7 Å². The minimum atomic E-state index is -0.913. The summed E-state index contributed by atoms with van der Waals surface area (Å²) in [7, 11) is 0. The summed E-state index contributed by atoms with van der Waals surface area (Å²) < 4.78 is 0. The number of carboxylic acid groups (broad SMARTS) is 2. The first kappa shape index (κ1) is 53.1. The van der Waals surface area contributed by atoms with E-state index >= 15 is 0 Å². The van der Waals surface area contributed by atoms with Crippen LogP contribution in [0.5, 0.6) is 0 Å². The zero-order valence-electron chi connectivity index (χ0n) is 28.4. The van der Waals surface area contributed by atoms with Crippen LogP contribution in [0.3, 0.4) is 0 Å². The third-order valence-electron chi connectivity index (χ3n) is 7.60. The van der Waals surface area contributed by atoms with E-state index < -0.39 is 11.9 Å². The summed E-state index contributed by atoms with van der Waals surface area (Å²) in [5.74, 6) is -1.83. The number of hydrogen-bond acceptors (Lipinski definition) is 4. The molecule has 0 aliphatic rings. The molecule has 256 valence electrons. The Morgan fingerprint density at radius 2 is 0.605 bits per heavy atom. The SMILES string of the molecule is CCCCCCCCCCC[CH-]CCCCCC(=O)[O-].CCCCCCCCCCC[CH-]CCCCCC(=O)[O-].[Fe].[Fe].[Zn+2]. The molecule has 43 heavy (non-hydrogen) atoms. The number of unbranched alkanes of at least 4 members (excludes halogenated alkanes) is 28. The molecular formula is C36H68Fe2O4Zn-2. The van der Waals surface area contributed by atoms with Crippen LogP contribution in [0.25, 0.3) is 0 Å². The zero-order valence-corrected chi connectivity index (χ0v) is 33.6. The molecule has 0 aromatic heterocycles. The van der Waals surface area contributed by atoms with Gasteiger partial charge < -0.3 is 32.6 Å². The molecular weight excluding hydrogens is 673 g/mol. The second kappa shape index (κ2) is 49.5. The van der Waals surface area contributed by atoms with Crippen LogP contribution in [0, 0.1) is 12.8 Å². The van der Waals surface area contributed by atoms with Crippen molar-refractivity contribution in [2.24, 2.45) is 0 Å². The molecule has 0 fully saturated rings. The molecule has 7 heteroatoms. The maximum atomic E-state index is 10.2. The molecule has 0 N–H and O–H groups in total. The Morgan fingerprint density at radius 3 is 0.837 bits per heavy atom. The van der Waals surface area contributed by atoms with Crippen molar-refractivity contribution < 1.29 is 73.4 Å². The van der Waals surface area contributed by atoms with E-state index in [0.717, 1.165) is 51.4 Å². The summed E-state index contributed by atoms with van der Waals surface area (Å²) in [5, 5.41) is 20.4. The zero-order chi connectivity index (χ0) is 29.8. The molecule has 0 aromatic carbocycles. The predicted octanol–water partition coefficient (Wildman–Crippen LogP) is 9.62. The van der Waals surface area contributed by atoms with Crippen LogP contribution in [0.1, 0.15) is 206 Å². The van der Waals surface area contributed by atoms with Crippen LogP contribution in [0.4, 0.5) is 0 Å². The molecule has 0 aliphatic carbocycles. The van der Waals surface area contributed by atoms with Gasteiger partial charge in [0.25, 0.3) is 0 Å². The molecule has 0 atom stereocenters. The Balaban J connectivity index is -0.000000209. The number of rotatable bonds is 32. The summed E-state index contributed by atoms with van der Waals surface area (Å²) in [6.07, 6.45) is 40.8. The number of carboxylic acids is 2. The third kappa shape index (κ3) is 58.7. The molecule has 0 bridgehead atoms. The number of hydrogen-bond donors (Lipinski definition) is 0. The monoisotopic (exact) mass is 740 g/mol. The van der Waals surface area contributed by atoms with Crippen molar-refractivity contribution >= 4 is 11.9 Å². The van der Waals surface area contributed by atoms with E-state index in [0.29, 0.717) is 0 Å². The van der Waals surface area contributed by atoms with E-state index in [9.17, 15) is 19.8 Å². The summed E-state index contributed by atoms with van der Waals surface area (Å²) in [6, 6.07) is 0. The van der Waals surface area contributed by atoms with E-state index in [2.05, 4.69) is 26.7 Å². The molecule has 0 saturated carbocycles. The largest absolute Gasteiger partial charge is 2.00 e. The third-order valence-corrected chi connectivity index (χ3v) is 7.60. The number of aliphatic carboxylic acids is 2. The van der Waals surface area contributed by atoms with Crippen molar-refractivity contribution in [2.75, 3.05) is 0 Å². The Labute approximate surface area is 303 Å². The Hall–Kier alpha value is 0.602. The van der Waals surface area contributed by atoms with Gasteiger partial charge in [0.05, 0.1) is 0 Å². The minimum Gasteiger partial charge on any atom is -0.550 e. The van der Waals surface area contributed by atoms with E-state index in [1.165, 1.54) is 128 Å². The van der Waals surface area contributed by atoms with Crippen LogP contribution in [0.2, 0.25) is 0 Å². The average Bonchev–Trinajstić information content (AvgIpc) is 2.93. The Bertz CT molecular complexity index is 466. The van der Waals surface area contributed by atoms with Gasteiger partial charge in [-0.1, -0.05) is 155 Å². The molecule has 0 aromatic rings. The van der Waals surface area contributed by atoms with Gasteiger partial charge in [0.1, 0.15) is 0 Å². The average molecular weight is 742 g/mol. The van der Waals surface area contributed by atoms with Gasteiger partial charge in [0.2, 0.25) is 0 Å². The summed E-state index contributed by atoms with van der Waals surface area (Å²) in [4.78, 5) is 20.4. The van der Waals surface area contributed by atoms with Crippen LogP contribution >= 0.6 is 0 Å². The first-order chi connectivity index (χ1) is 19.5.